The topological polar surface area (TPSA) is 54.4 Å². The Morgan fingerprint density at radius 1 is 1.13 bits per heavy atom. The maximum Gasteiger partial charge on any atom is 0.169 e. The summed E-state index contributed by atoms with van der Waals surface area (Å²) in [7, 11) is 0. The molecule has 0 aliphatic carbocycles. The number of carbonyl (C=O) groups is 1. The van der Waals surface area contributed by atoms with Crippen LogP contribution >= 0.6 is 12.6 Å². The van der Waals surface area contributed by atoms with Crippen LogP contribution < -0.4 is 0 Å². The first-order valence-corrected chi connectivity index (χ1v) is 8.93. The minimum Gasteiger partial charge on any atom is -0.305 e. The quantitative estimate of drug-likeness (QED) is 0.452. The van der Waals surface area contributed by atoms with Crippen LogP contribution in [0.3, 0.4) is 0 Å². The minimum absolute atomic E-state index is 0.253. The molecule has 1 unspecified atom stereocenters. The molecule has 1 N–H and O–H groups in total. The van der Waals surface area contributed by atoms with E-state index in [9.17, 15) is 13.6 Å². The molecule has 0 heterocycles. The molecule has 0 aliphatic heterocycles. The second kappa shape index (κ2) is 7.90. The van der Waals surface area contributed by atoms with Crippen LogP contribution in [-0.2, 0) is 22.3 Å². The molecule has 2 aromatic rings. The molecule has 0 bridgehead atoms. The van der Waals surface area contributed by atoms with Crippen molar-refractivity contribution in [1.29, 1.82) is 0 Å². The minimum atomic E-state index is -2.13. The average Bonchev–Trinajstić information content (AvgIpc) is 2.56. The fraction of sp³-hybridized carbons (Fsp3) is 0.278. The highest BCUT2D eigenvalue weighted by Gasteiger charge is 2.34. The Labute approximate surface area is 144 Å². The summed E-state index contributed by atoms with van der Waals surface area (Å²) in [6.07, 6.45) is 1.37. The third kappa shape index (κ3) is 4.77. The summed E-state index contributed by atoms with van der Waals surface area (Å²) >= 11 is 2.28. The Kier molecular flexibility index (Phi) is 6.16. The molecule has 23 heavy (non-hydrogen) atoms. The Morgan fingerprint density at radius 3 is 2.22 bits per heavy atom. The van der Waals surface area contributed by atoms with Crippen molar-refractivity contribution in [2.24, 2.45) is 5.92 Å². The van der Waals surface area contributed by atoms with Crippen LogP contribution in [0.5, 0.6) is 0 Å². The summed E-state index contributed by atoms with van der Waals surface area (Å²) in [5, 5.41) is 0. The van der Waals surface area contributed by atoms with Crippen molar-refractivity contribution in [3.8, 4) is 11.1 Å². The van der Waals surface area contributed by atoms with Gasteiger partial charge in [-0.25, -0.2) is 4.21 Å². The van der Waals surface area contributed by atoms with Gasteiger partial charge in [-0.3, -0.25) is 0 Å². The molecule has 0 spiro atoms. The van der Waals surface area contributed by atoms with Crippen molar-refractivity contribution in [2.45, 2.75) is 23.8 Å². The van der Waals surface area contributed by atoms with Gasteiger partial charge in [0.2, 0.25) is 0 Å². The van der Waals surface area contributed by atoms with E-state index in [0.29, 0.717) is 6.42 Å². The lowest BCUT2D eigenvalue weighted by Gasteiger charge is -2.26. The van der Waals surface area contributed by atoms with E-state index in [-0.39, 0.29) is 12.3 Å². The molecule has 0 fully saturated rings. The number of aldehydes is 1. The number of thiol groups is 1. The van der Waals surface area contributed by atoms with Gasteiger partial charge >= 0.3 is 0 Å². The molecule has 122 valence electrons. The fourth-order valence-corrected chi connectivity index (χ4v) is 3.69. The van der Waals surface area contributed by atoms with E-state index in [1.807, 2.05) is 54.6 Å². The monoisotopic (exact) mass is 348 g/mol. The van der Waals surface area contributed by atoms with Gasteiger partial charge in [0.15, 0.2) is 11.1 Å². The zero-order chi connectivity index (χ0) is 16.9. The summed E-state index contributed by atoms with van der Waals surface area (Å²) in [6.45, 7) is 1.73. The van der Waals surface area contributed by atoms with E-state index in [1.54, 1.807) is 6.92 Å². The SMILES string of the molecule is C[C@@H](C=O)C[C@](S)(Cc1ccc(-c2ccccc2)cc1)S(=O)O. The zero-order valence-corrected chi connectivity index (χ0v) is 14.6. The summed E-state index contributed by atoms with van der Waals surface area (Å²) in [6, 6.07) is 17.9. The Bertz CT molecular complexity index is 670. The van der Waals surface area contributed by atoms with Gasteiger partial charge in [-0.2, -0.15) is 12.6 Å². The van der Waals surface area contributed by atoms with Crippen molar-refractivity contribution < 1.29 is 13.6 Å². The highest BCUT2D eigenvalue weighted by Crippen LogP contribution is 2.31. The van der Waals surface area contributed by atoms with E-state index >= 15 is 0 Å². The van der Waals surface area contributed by atoms with E-state index in [1.165, 1.54) is 0 Å². The van der Waals surface area contributed by atoms with Gasteiger partial charge in [0.25, 0.3) is 0 Å². The van der Waals surface area contributed by atoms with Crippen LogP contribution in [-0.4, -0.2) is 19.1 Å². The molecular weight excluding hydrogens is 328 g/mol. The second-order valence-electron chi connectivity index (χ2n) is 5.75. The standard InChI is InChI=1S/C18H20O3S2/c1-14(13-19)11-18(22,23(20)21)12-15-7-9-17(10-8-15)16-5-3-2-4-6-16/h2-10,13-14,22H,11-12H2,1H3,(H,20,21)/t14-,18-/m1/s1. The third-order valence-electron chi connectivity index (χ3n) is 3.74. The van der Waals surface area contributed by atoms with Gasteiger partial charge in [-0.05, 0) is 23.1 Å². The molecule has 0 saturated heterocycles. The average molecular weight is 348 g/mol. The van der Waals surface area contributed by atoms with Crippen LogP contribution in [0, 0.1) is 5.92 Å². The number of rotatable bonds is 7. The van der Waals surface area contributed by atoms with E-state index in [2.05, 4.69) is 12.6 Å². The molecule has 3 nitrogen and oxygen atoms in total. The van der Waals surface area contributed by atoms with Gasteiger partial charge in [-0.1, -0.05) is 61.5 Å². The predicted molar refractivity (Wildman–Crippen MR) is 97.9 cm³/mol. The Morgan fingerprint density at radius 2 is 1.70 bits per heavy atom. The van der Waals surface area contributed by atoms with Crippen molar-refractivity contribution in [1.82, 2.24) is 0 Å². The molecule has 0 aliphatic rings. The molecule has 3 atom stereocenters. The van der Waals surface area contributed by atoms with Crippen molar-refractivity contribution in [2.75, 3.05) is 0 Å². The molecular formula is C18H20O3S2. The lowest BCUT2D eigenvalue weighted by molar-refractivity contribution is -0.110. The van der Waals surface area contributed by atoms with Crippen LogP contribution in [0.1, 0.15) is 18.9 Å². The highest BCUT2D eigenvalue weighted by molar-refractivity contribution is 7.99. The van der Waals surface area contributed by atoms with Crippen LogP contribution in [0.4, 0.5) is 0 Å². The zero-order valence-electron chi connectivity index (χ0n) is 12.9. The normalized spacial score (nSPS) is 16.3. The van der Waals surface area contributed by atoms with Crippen molar-refractivity contribution in [3.63, 3.8) is 0 Å². The van der Waals surface area contributed by atoms with Gasteiger partial charge in [0.1, 0.15) is 10.4 Å². The van der Waals surface area contributed by atoms with E-state index < -0.39 is 15.2 Å². The van der Waals surface area contributed by atoms with Crippen molar-refractivity contribution >= 4 is 30.0 Å². The molecule has 2 aromatic carbocycles. The van der Waals surface area contributed by atoms with Crippen molar-refractivity contribution in [3.05, 3.63) is 60.2 Å². The smallest absolute Gasteiger partial charge is 0.169 e. The Balaban J connectivity index is 2.18. The largest absolute Gasteiger partial charge is 0.305 e. The van der Waals surface area contributed by atoms with E-state index in [4.69, 9.17) is 0 Å². The van der Waals surface area contributed by atoms with Gasteiger partial charge in [0.05, 0.1) is 0 Å². The van der Waals surface area contributed by atoms with Gasteiger partial charge in [0, 0.05) is 12.3 Å². The molecule has 0 saturated carbocycles. The number of carbonyl (C=O) groups excluding carboxylic acids is 1. The van der Waals surface area contributed by atoms with Gasteiger partial charge in [-0.15, -0.1) is 0 Å². The molecule has 0 aromatic heterocycles. The summed E-state index contributed by atoms with van der Waals surface area (Å²) in [5.74, 6) is -0.313. The first-order valence-electron chi connectivity index (χ1n) is 7.37. The van der Waals surface area contributed by atoms with Crippen LogP contribution in [0.15, 0.2) is 54.6 Å². The Hall–Kier alpha value is -1.43. The molecule has 5 heteroatoms. The van der Waals surface area contributed by atoms with E-state index in [0.717, 1.165) is 23.0 Å². The third-order valence-corrected chi connectivity index (χ3v) is 5.51. The molecule has 0 radical (unpaired) electrons. The lowest BCUT2D eigenvalue weighted by Crippen LogP contribution is -2.32. The number of benzene rings is 2. The molecule has 2 rings (SSSR count). The highest BCUT2D eigenvalue weighted by atomic mass is 32.2. The second-order valence-corrected chi connectivity index (χ2v) is 8.19. The summed E-state index contributed by atoms with van der Waals surface area (Å²) in [4.78, 5) is 10.8. The lowest BCUT2D eigenvalue weighted by atomic mass is 9.98. The maximum absolute atomic E-state index is 11.7. The van der Waals surface area contributed by atoms with Crippen LogP contribution in [0.2, 0.25) is 0 Å². The number of hydrogen-bond acceptors (Lipinski definition) is 3. The predicted octanol–water partition coefficient (Wildman–Crippen LogP) is 3.97. The summed E-state index contributed by atoms with van der Waals surface area (Å²) < 4.78 is 20.1. The fourth-order valence-electron chi connectivity index (χ4n) is 2.52. The molecule has 0 amide bonds. The van der Waals surface area contributed by atoms with Crippen LogP contribution in [0.25, 0.3) is 11.1 Å². The van der Waals surface area contributed by atoms with Gasteiger partial charge < -0.3 is 9.35 Å². The first-order chi connectivity index (χ1) is 10.9. The first kappa shape index (κ1) is 17.9. The maximum atomic E-state index is 11.7. The summed E-state index contributed by atoms with van der Waals surface area (Å²) in [5.41, 5.74) is 3.13. The number of hydrogen-bond donors (Lipinski definition) is 2.